The van der Waals surface area contributed by atoms with Crippen LogP contribution >= 0.6 is 11.6 Å². The zero-order chi connectivity index (χ0) is 12.3. The number of amides is 1. The summed E-state index contributed by atoms with van der Waals surface area (Å²) < 4.78 is 5.39. The predicted octanol–water partition coefficient (Wildman–Crippen LogP) is 1.92. The van der Waals surface area contributed by atoms with Gasteiger partial charge in [-0.1, -0.05) is 11.6 Å². The average molecular weight is 255 g/mol. The molecule has 1 aromatic carbocycles. The molecule has 0 unspecified atom stereocenters. The van der Waals surface area contributed by atoms with Crippen molar-refractivity contribution in [1.29, 1.82) is 0 Å². The summed E-state index contributed by atoms with van der Waals surface area (Å²) in [5.74, 6) is 0.513. The number of carbonyl (C=O) groups is 1. The van der Waals surface area contributed by atoms with Crippen molar-refractivity contribution in [2.45, 2.75) is 12.8 Å². The Morgan fingerprint density at radius 3 is 2.76 bits per heavy atom. The Labute approximate surface area is 105 Å². The van der Waals surface area contributed by atoms with Crippen molar-refractivity contribution in [2.75, 3.05) is 25.4 Å². The first-order valence-corrected chi connectivity index (χ1v) is 6.00. The molecule has 1 aliphatic heterocycles. The Morgan fingerprint density at radius 2 is 2.12 bits per heavy atom. The highest BCUT2D eigenvalue weighted by atomic mass is 35.5. The molecule has 2 N–H and O–H groups in total. The van der Waals surface area contributed by atoms with Crippen molar-refractivity contribution >= 4 is 23.2 Å². The predicted molar refractivity (Wildman–Crippen MR) is 67.2 cm³/mol. The van der Waals surface area contributed by atoms with Crippen molar-refractivity contribution in [2.24, 2.45) is 0 Å². The molecule has 2 rings (SSSR count). The molecule has 5 heteroatoms. The maximum Gasteiger partial charge on any atom is 0.260 e. The normalized spacial score (nSPS) is 15.0. The van der Waals surface area contributed by atoms with Crippen LogP contribution in [0.4, 0.5) is 5.69 Å². The third-order valence-electron chi connectivity index (χ3n) is 2.78. The summed E-state index contributed by atoms with van der Waals surface area (Å²) in [4.78, 5) is 13.5. The quantitative estimate of drug-likeness (QED) is 0.839. The first-order chi connectivity index (χ1) is 8.16. The second-order valence-electron chi connectivity index (χ2n) is 4.06. The van der Waals surface area contributed by atoms with E-state index in [9.17, 15) is 4.79 Å². The minimum absolute atomic E-state index is 0.0110. The lowest BCUT2D eigenvalue weighted by Gasteiger charge is -2.16. The van der Waals surface area contributed by atoms with E-state index < -0.39 is 0 Å². The lowest BCUT2D eigenvalue weighted by Crippen LogP contribution is -2.32. The minimum atomic E-state index is 0.0110. The van der Waals surface area contributed by atoms with Crippen LogP contribution in [0.3, 0.4) is 0 Å². The summed E-state index contributed by atoms with van der Waals surface area (Å²) in [6.45, 7) is 1.70. The molecule has 0 atom stereocenters. The summed E-state index contributed by atoms with van der Waals surface area (Å²) in [5, 5.41) is 0.556. The van der Waals surface area contributed by atoms with Crippen molar-refractivity contribution < 1.29 is 9.53 Å². The Kier molecular flexibility index (Phi) is 3.74. The highest BCUT2D eigenvalue weighted by molar-refractivity contribution is 6.30. The lowest BCUT2D eigenvalue weighted by molar-refractivity contribution is -0.132. The third kappa shape index (κ3) is 3.03. The summed E-state index contributed by atoms with van der Waals surface area (Å²) in [7, 11) is 0. The van der Waals surface area contributed by atoms with Crippen LogP contribution in [0, 0.1) is 0 Å². The van der Waals surface area contributed by atoms with E-state index in [0.717, 1.165) is 25.9 Å². The monoisotopic (exact) mass is 254 g/mol. The topological polar surface area (TPSA) is 55.6 Å². The molecule has 0 saturated carbocycles. The number of rotatable bonds is 3. The van der Waals surface area contributed by atoms with Gasteiger partial charge >= 0.3 is 0 Å². The molecule has 1 amide bonds. The molecule has 0 radical (unpaired) electrons. The third-order valence-corrected chi connectivity index (χ3v) is 3.02. The molecular formula is C12H15ClN2O2. The van der Waals surface area contributed by atoms with Gasteiger partial charge in [0.25, 0.3) is 5.91 Å². The zero-order valence-corrected chi connectivity index (χ0v) is 10.2. The summed E-state index contributed by atoms with van der Waals surface area (Å²) >= 11 is 5.77. The molecule has 0 spiro atoms. The minimum Gasteiger partial charge on any atom is -0.482 e. The van der Waals surface area contributed by atoms with Crippen LogP contribution in [0.5, 0.6) is 5.75 Å². The van der Waals surface area contributed by atoms with Gasteiger partial charge in [-0.25, -0.2) is 0 Å². The van der Waals surface area contributed by atoms with E-state index >= 15 is 0 Å². The Hall–Kier alpha value is -1.42. The standard InChI is InChI=1S/C12H15ClN2O2/c13-9-3-4-11(10(14)7-9)17-8-12(16)15-5-1-2-6-15/h3-4,7H,1-2,5-6,8,14H2. The number of nitrogens with zero attached hydrogens (tertiary/aromatic N) is 1. The first kappa shape index (κ1) is 12.0. The Bertz CT molecular complexity index is 417. The van der Waals surface area contributed by atoms with E-state index in [4.69, 9.17) is 22.1 Å². The molecule has 17 heavy (non-hydrogen) atoms. The van der Waals surface area contributed by atoms with Crippen LogP contribution in [0.1, 0.15) is 12.8 Å². The van der Waals surface area contributed by atoms with Crippen molar-refractivity contribution in [3.05, 3.63) is 23.2 Å². The van der Waals surface area contributed by atoms with Gasteiger partial charge in [-0.05, 0) is 31.0 Å². The molecular weight excluding hydrogens is 240 g/mol. The Balaban J connectivity index is 1.90. The number of nitrogen functional groups attached to an aromatic ring is 1. The molecule has 0 aromatic heterocycles. The van der Waals surface area contributed by atoms with E-state index in [0.29, 0.717) is 16.5 Å². The fourth-order valence-corrected chi connectivity index (χ4v) is 2.03. The van der Waals surface area contributed by atoms with Gasteiger partial charge in [0.15, 0.2) is 6.61 Å². The maximum atomic E-state index is 11.7. The van der Waals surface area contributed by atoms with Crippen LogP contribution in [-0.2, 0) is 4.79 Å². The van der Waals surface area contributed by atoms with Crippen LogP contribution in [0.2, 0.25) is 5.02 Å². The number of halogens is 1. The van der Waals surface area contributed by atoms with E-state index in [-0.39, 0.29) is 12.5 Å². The molecule has 0 bridgehead atoms. The van der Waals surface area contributed by atoms with E-state index in [2.05, 4.69) is 0 Å². The number of hydrogen-bond donors (Lipinski definition) is 1. The van der Waals surface area contributed by atoms with Gasteiger partial charge in [0.1, 0.15) is 5.75 Å². The van der Waals surface area contributed by atoms with Gasteiger partial charge in [0.05, 0.1) is 5.69 Å². The molecule has 92 valence electrons. The molecule has 0 aliphatic carbocycles. The van der Waals surface area contributed by atoms with Crippen molar-refractivity contribution in [3.8, 4) is 5.75 Å². The number of ether oxygens (including phenoxy) is 1. The fourth-order valence-electron chi connectivity index (χ4n) is 1.85. The number of benzene rings is 1. The van der Waals surface area contributed by atoms with Crippen molar-refractivity contribution in [1.82, 2.24) is 4.90 Å². The van der Waals surface area contributed by atoms with Crippen LogP contribution in [0.15, 0.2) is 18.2 Å². The largest absolute Gasteiger partial charge is 0.482 e. The summed E-state index contributed by atoms with van der Waals surface area (Å²) in [5.41, 5.74) is 6.18. The maximum absolute atomic E-state index is 11.7. The molecule has 4 nitrogen and oxygen atoms in total. The average Bonchev–Trinajstić information content (AvgIpc) is 2.81. The zero-order valence-electron chi connectivity index (χ0n) is 9.49. The van der Waals surface area contributed by atoms with Crippen LogP contribution in [0.25, 0.3) is 0 Å². The molecule has 1 fully saturated rings. The summed E-state index contributed by atoms with van der Waals surface area (Å²) in [6, 6.07) is 4.97. The number of nitrogens with two attached hydrogens (primary N) is 1. The van der Waals surface area contributed by atoms with Gasteiger partial charge in [0, 0.05) is 18.1 Å². The molecule has 1 aromatic rings. The number of hydrogen-bond acceptors (Lipinski definition) is 3. The highest BCUT2D eigenvalue weighted by Gasteiger charge is 2.18. The number of anilines is 1. The van der Waals surface area contributed by atoms with Gasteiger partial charge in [-0.3, -0.25) is 4.79 Å². The van der Waals surface area contributed by atoms with Crippen molar-refractivity contribution in [3.63, 3.8) is 0 Å². The van der Waals surface area contributed by atoms with Gasteiger partial charge < -0.3 is 15.4 Å². The van der Waals surface area contributed by atoms with Gasteiger partial charge in [-0.2, -0.15) is 0 Å². The first-order valence-electron chi connectivity index (χ1n) is 5.62. The van der Waals surface area contributed by atoms with Crippen LogP contribution < -0.4 is 10.5 Å². The number of carbonyl (C=O) groups excluding carboxylic acids is 1. The smallest absolute Gasteiger partial charge is 0.260 e. The molecule has 1 saturated heterocycles. The Morgan fingerprint density at radius 1 is 1.41 bits per heavy atom. The van der Waals surface area contributed by atoms with Crippen LogP contribution in [-0.4, -0.2) is 30.5 Å². The fraction of sp³-hybridized carbons (Fsp3) is 0.417. The lowest BCUT2D eigenvalue weighted by atomic mass is 10.3. The van der Waals surface area contributed by atoms with E-state index in [1.807, 2.05) is 4.90 Å². The number of likely N-dealkylation sites (tertiary alicyclic amines) is 1. The molecule has 1 aliphatic rings. The highest BCUT2D eigenvalue weighted by Crippen LogP contribution is 2.24. The van der Waals surface area contributed by atoms with E-state index in [1.165, 1.54) is 0 Å². The second-order valence-corrected chi connectivity index (χ2v) is 4.50. The van der Waals surface area contributed by atoms with E-state index in [1.54, 1.807) is 18.2 Å². The van der Waals surface area contributed by atoms with Gasteiger partial charge in [0.2, 0.25) is 0 Å². The SMILES string of the molecule is Nc1cc(Cl)ccc1OCC(=O)N1CCCC1. The summed E-state index contributed by atoms with van der Waals surface area (Å²) in [6.07, 6.45) is 2.16. The molecule has 1 heterocycles. The second kappa shape index (κ2) is 5.27. The van der Waals surface area contributed by atoms with Gasteiger partial charge in [-0.15, -0.1) is 0 Å².